The number of nitrogens with one attached hydrogen (secondary N) is 1. The number of carbonyl (C=O) groups is 1. The molecule has 0 radical (unpaired) electrons. The maximum Gasteiger partial charge on any atom is 0.243 e. The lowest BCUT2D eigenvalue weighted by Crippen LogP contribution is -2.41. The summed E-state index contributed by atoms with van der Waals surface area (Å²) in [6, 6.07) is 11.6. The van der Waals surface area contributed by atoms with E-state index in [0.29, 0.717) is 22.8 Å². The lowest BCUT2D eigenvalue weighted by Gasteiger charge is -2.32. The third-order valence-electron chi connectivity index (χ3n) is 5.45. The Labute approximate surface area is 180 Å². The number of halogens is 1. The van der Waals surface area contributed by atoms with E-state index in [9.17, 15) is 13.2 Å². The van der Waals surface area contributed by atoms with Gasteiger partial charge in [-0.05, 0) is 62.2 Å². The van der Waals surface area contributed by atoms with Crippen LogP contribution in [0.4, 0.5) is 5.69 Å². The minimum absolute atomic E-state index is 0.00131. The first-order chi connectivity index (χ1) is 14.3. The highest BCUT2D eigenvalue weighted by Crippen LogP contribution is 2.27. The summed E-state index contributed by atoms with van der Waals surface area (Å²) in [5.41, 5.74) is 1.95. The molecule has 6 nitrogen and oxygen atoms in total. The normalized spacial score (nSPS) is 17.9. The quantitative estimate of drug-likeness (QED) is 0.608. The van der Waals surface area contributed by atoms with Crippen LogP contribution >= 0.6 is 11.6 Å². The van der Waals surface area contributed by atoms with Crippen LogP contribution in [-0.2, 0) is 21.2 Å². The second-order valence-electron chi connectivity index (χ2n) is 7.61. The number of piperidine rings is 1. The minimum atomic E-state index is -3.53. The lowest BCUT2D eigenvalue weighted by molar-refractivity contribution is -0.115. The Morgan fingerprint density at radius 2 is 1.97 bits per heavy atom. The molecule has 1 amide bonds. The van der Waals surface area contributed by atoms with Gasteiger partial charge in [0, 0.05) is 34.2 Å². The number of hydrogen-bond donors (Lipinski definition) is 1. The molecule has 0 saturated carbocycles. The minimum Gasteiger partial charge on any atom is -0.464 e. The molecule has 1 saturated heterocycles. The van der Waals surface area contributed by atoms with Crippen LogP contribution < -0.4 is 5.32 Å². The predicted molar refractivity (Wildman–Crippen MR) is 117 cm³/mol. The van der Waals surface area contributed by atoms with Crippen LogP contribution in [0.2, 0.25) is 5.02 Å². The highest BCUT2D eigenvalue weighted by atomic mass is 35.5. The summed E-state index contributed by atoms with van der Waals surface area (Å²) in [5.74, 6) is -0.224. The van der Waals surface area contributed by atoms with E-state index in [1.54, 1.807) is 53.0 Å². The standard InChI is InChI=1S/C22H23ClN2O4S/c1-15-4-2-3-11-25(15)30(27,28)19-8-6-18(7-9-19)24-22(26)12-16-14-29-21-10-5-17(23)13-20(16)21/h5-10,13-15H,2-4,11-12H2,1H3,(H,24,26). The second-order valence-corrected chi connectivity index (χ2v) is 9.94. The van der Waals surface area contributed by atoms with Gasteiger partial charge in [0.15, 0.2) is 0 Å². The van der Waals surface area contributed by atoms with E-state index in [4.69, 9.17) is 16.0 Å². The van der Waals surface area contributed by atoms with Crippen LogP contribution in [0.25, 0.3) is 11.0 Å². The van der Waals surface area contributed by atoms with Crippen LogP contribution in [-0.4, -0.2) is 31.2 Å². The Morgan fingerprint density at radius 3 is 2.70 bits per heavy atom. The van der Waals surface area contributed by atoms with Gasteiger partial charge >= 0.3 is 0 Å². The first-order valence-electron chi connectivity index (χ1n) is 9.92. The number of carbonyl (C=O) groups excluding carboxylic acids is 1. The van der Waals surface area contributed by atoms with Gasteiger partial charge in [0.25, 0.3) is 0 Å². The molecule has 158 valence electrons. The van der Waals surface area contributed by atoms with Crippen molar-refractivity contribution in [2.45, 2.75) is 43.5 Å². The number of fused-ring (bicyclic) bond motifs is 1. The molecule has 30 heavy (non-hydrogen) atoms. The molecule has 1 aromatic heterocycles. The summed E-state index contributed by atoms with van der Waals surface area (Å²) in [6.45, 7) is 2.49. The van der Waals surface area contributed by atoms with Gasteiger partial charge in [-0.1, -0.05) is 18.0 Å². The van der Waals surface area contributed by atoms with Crippen LogP contribution in [0.5, 0.6) is 0 Å². The summed E-state index contributed by atoms with van der Waals surface area (Å²) in [7, 11) is -3.53. The van der Waals surface area contributed by atoms with Gasteiger partial charge in [0.05, 0.1) is 17.6 Å². The molecule has 8 heteroatoms. The van der Waals surface area contributed by atoms with Crippen LogP contribution in [0, 0.1) is 0 Å². The third-order valence-corrected chi connectivity index (χ3v) is 7.72. The van der Waals surface area contributed by atoms with Gasteiger partial charge in [-0.3, -0.25) is 4.79 Å². The summed E-state index contributed by atoms with van der Waals surface area (Å²) >= 11 is 6.04. The maximum absolute atomic E-state index is 12.9. The molecule has 0 bridgehead atoms. The fourth-order valence-electron chi connectivity index (χ4n) is 3.84. The molecule has 1 aliphatic heterocycles. The molecule has 0 spiro atoms. The number of benzene rings is 2. The van der Waals surface area contributed by atoms with Gasteiger partial charge in [-0.15, -0.1) is 0 Å². The van der Waals surface area contributed by atoms with Crippen LogP contribution in [0.3, 0.4) is 0 Å². The van der Waals surface area contributed by atoms with Crippen molar-refractivity contribution in [1.82, 2.24) is 4.31 Å². The average Bonchev–Trinajstić information content (AvgIpc) is 3.10. The number of sulfonamides is 1. The first-order valence-corrected chi connectivity index (χ1v) is 11.7. The number of hydrogen-bond acceptors (Lipinski definition) is 4. The second kappa shape index (κ2) is 8.41. The van der Waals surface area contributed by atoms with Gasteiger partial charge in [-0.25, -0.2) is 8.42 Å². The molecule has 1 fully saturated rings. The van der Waals surface area contributed by atoms with Crippen molar-refractivity contribution in [2.75, 3.05) is 11.9 Å². The number of nitrogens with zero attached hydrogens (tertiary/aromatic N) is 1. The van der Waals surface area contributed by atoms with Crippen molar-refractivity contribution in [3.63, 3.8) is 0 Å². The zero-order valence-electron chi connectivity index (χ0n) is 16.6. The first kappa shape index (κ1) is 20.9. The lowest BCUT2D eigenvalue weighted by atomic mass is 10.1. The Balaban J connectivity index is 1.45. The Kier molecular flexibility index (Phi) is 5.86. The zero-order chi connectivity index (χ0) is 21.3. The molecule has 2 heterocycles. The van der Waals surface area contributed by atoms with Crippen molar-refractivity contribution >= 4 is 44.2 Å². The maximum atomic E-state index is 12.9. The molecule has 2 aromatic carbocycles. The molecule has 3 aromatic rings. The van der Waals surface area contributed by atoms with Gasteiger partial charge in [0.1, 0.15) is 5.58 Å². The fraction of sp³-hybridized carbons (Fsp3) is 0.318. The Bertz CT molecular complexity index is 1170. The van der Waals surface area contributed by atoms with Crippen molar-refractivity contribution in [2.24, 2.45) is 0 Å². The van der Waals surface area contributed by atoms with E-state index in [0.717, 1.165) is 30.2 Å². The largest absolute Gasteiger partial charge is 0.464 e. The van der Waals surface area contributed by atoms with Gasteiger partial charge < -0.3 is 9.73 Å². The summed E-state index contributed by atoms with van der Waals surface area (Å²) in [6.07, 6.45) is 4.48. The van der Waals surface area contributed by atoms with E-state index >= 15 is 0 Å². The SMILES string of the molecule is CC1CCCCN1S(=O)(=O)c1ccc(NC(=O)Cc2coc3ccc(Cl)cc23)cc1. The zero-order valence-corrected chi connectivity index (χ0v) is 18.2. The Hall–Kier alpha value is -2.35. The molecule has 1 aliphatic rings. The van der Waals surface area contributed by atoms with Gasteiger partial charge in [-0.2, -0.15) is 4.31 Å². The number of rotatable bonds is 5. The molecule has 1 atom stereocenters. The van der Waals surface area contributed by atoms with Crippen molar-refractivity contribution in [3.05, 3.63) is 59.3 Å². The molecule has 1 N–H and O–H groups in total. The molecular formula is C22H23ClN2O4S. The van der Waals surface area contributed by atoms with Crippen LogP contribution in [0.15, 0.2) is 58.0 Å². The van der Waals surface area contributed by atoms with E-state index in [2.05, 4.69) is 5.32 Å². The summed E-state index contributed by atoms with van der Waals surface area (Å²) in [5, 5.41) is 4.18. The predicted octanol–water partition coefficient (Wildman–Crippen LogP) is 4.83. The topological polar surface area (TPSA) is 79.6 Å². The van der Waals surface area contributed by atoms with Crippen LogP contribution in [0.1, 0.15) is 31.7 Å². The molecule has 0 aliphatic carbocycles. The van der Waals surface area contributed by atoms with E-state index in [1.165, 1.54) is 0 Å². The average molecular weight is 447 g/mol. The fourth-order valence-corrected chi connectivity index (χ4v) is 5.72. The van der Waals surface area contributed by atoms with Gasteiger partial charge in [0.2, 0.25) is 15.9 Å². The van der Waals surface area contributed by atoms with E-state index in [-0.39, 0.29) is 23.3 Å². The molecular weight excluding hydrogens is 424 g/mol. The van der Waals surface area contributed by atoms with Crippen molar-refractivity contribution < 1.29 is 17.6 Å². The number of furan rings is 1. The van der Waals surface area contributed by atoms with E-state index in [1.807, 2.05) is 6.92 Å². The molecule has 1 unspecified atom stereocenters. The molecule has 4 rings (SSSR count). The number of amides is 1. The summed E-state index contributed by atoms with van der Waals surface area (Å²) in [4.78, 5) is 12.7. The summed E-state index contributed by atoms with van der Waals surface area (Å²) < 4.78 is 32.9. The monoisotopic (exact) mass is 446 g/mol. The smallest absolute Gasteiger partial charge is 0.243 e. The highest BCUT2D eigenvalue weighted by Gasteiger charge is 2.30. The van der Waals surface area contributed by atoms with E-state index < -0.39 is 10.0 Å². The van der Waals surface area contributed by atoms with Crippen molar-refractivity contribution in [3.8, 4) is 0 Å². The number of anilines is 1. The Morgan fingerprint density at radius 1 is 1.20 bits per heavy atom. The van der Waals surface area contributed by atoms with Crippen molar-refractivity contribution in [1.29, 1.82) is 0 Å². The highest BCUT2D eigenvalue weighted by molar-refractivity contribution is 7.89. The third kappa shape index (κ3) is 4.24.